The summed E-state index contributed by atoms with van der Waals surface area (Å²) in [5.74, 6) is -2.99. The van der Waals surface area contributed by atoms with Crippen LogP contribution in [0.5, 0.6) is 0 Å². The first-order chi connectivity index (χ1) is 14.6. The molecule has 0 aromatic carbocycles. The first-order valence-electron chi connectivity index (χ1n) is 10.7. The predicted molar refractivity (Wildman–Crippen MR) is 118 cm³/mol. The number of ether oxygens (including phenoxy) is 1. The van der Waals surface area contributed by atoms with Crippen LogP contribution in [-0.4, -0.2) is 60.2 Å². The normalized spacial score (nSPS) is 10.9. The molecule has 0 spiro atoms. The Balaban J connectivity index is -0.000000427. The number of unbranched alkanes of at least 4 members (excludes halogenated alkanes) is 9. The summed E-state index contributed by atoms with van der Waals surface area (Å²) in [5.41, 5.74) is 0. The van der Waals surface area contributed by atoms with Crippen molar-refractivity contribution < 1.29 is 72.2 Å². The Bertz CT molecular complexity index is 537. The minimum absolute atomic E-state index is 0. The second-order valence-corrected chi connectivity index (χ2v) is 8.38. The summed E-state index contributed by atoms with van der Waals surface area (Å²) in [6.07, 6.45) is 11.7. The molecule has 11 heteroatoms. The van der Waals surface area contributed by atoms with E-state index in [-0.39, 0.29) is 49.4 Å². The first-order valence-corrected chi connectivity index (χ1v) is 12.2. The van der Waals surface area contributed by atoms with Gasteiger partial charge in [-0.1, -0.05) is 70.8 Å². The van der Waals surface area contributed by atoms with Crippen molar-refractivity contribution in [1.82, 2.24) is 0 Å². The van der Waals surface area contributed by atoms with E-state index in [1.807, 2.05) is 6.92 Å². The average Bonchev–Trinajstić information content (AvgIpc) is 2.70. The van der Waals surface area contributed by atoms with Crippen LogP contribution in [0.2, 0.25) is 0 Å². The summed E-state index contributed by atoms with van der Waals surface area (Å²) in [4.78, 5) is 22.0. The van der Waals surface area contributed by atoms with Gasteiger partial charge in [-0.2, -0.15) is 8.42 Å². The molecule has 0 saturated carbocycles. The Morgan fingerprint density at radius 2 is 1.34 bits per heavy atom. The Kier molecular flexibility index (Phi) is 34.6. The Morgan fingerprint density at radius 1 is 0.969 bits per heavy atom. The van der Waals surface area contributed by atoms with E-state index in [2.05, 4.69) is 13.5 Å². The molecule has 0 rings (SSSR count). The summed E-state index contributed by atoms with van der Waals surface area (Å²) >= 11 is 0. The van der Waals surface area contributed by atoms with Gasteiger partial charge in [0.25, 0.3) is 10.1 Å². The van der Waals surface area contributed by atoms with Crippen molar-refractivity contribution in [3.8, 4) is 0 Å². The molecule has 0 amide bonds. The van der Waals surface area contributed by atoms with Crippen LogP contribution >= 0.6 is 0 Å². The molecule has 0 bridgehead atoms. The van der Waals surface area contributed by atoms with E-state index in [9.17, 15) is 23.1 Å². The van der Waals surface area contributed by atoms with Gasteiger partial charge in [-0.3, -0.25) is 9.35 Å². The van der Waals surface area contributed by atoms with Crippen LogP contribution in [0, 0.1) is 0 Å². The molecule has 1 unspecified atom stereocenters. The van der Waals surface area contributed by atoms with Gasteiger partial charge in [-0.25, -0.2) is 0 Å². The summed E-state index contributed by atoms with van der Waals surface area (Å²) in [6.45, 7) is 7.19. The zero-order valence-corrected chi connectivity index (χ0v) is 22.8. The maximum atomic E-state index is 11.5. The molecule has 0 heterocycles. The van der Waals surface area contributed by atoms with E-state index in [4.69, 9.17) is 19.5 Å². The van der Waals surface area contributed by atoms with E-state index < -0.39 is 33.7 Å². The quantitative estimate of drug-likeness (QED) is 0.0808. The molecule has 0 aliphatic carbocycles. The molecule has 0 fully saturated rings. The van der Waals surface area contributed by atoms with E-state index in [1.54, 1.807) is 6.08 Å². The first kappa shape index (κ1) is 38.8. The number of allylic oxidation sites excluding steroid dienone is 1. The van der Waals surface area contributed by atoms with E-state index >= 15 is 0 Å². The number of carboxylic acids is 1. The van der Waals surface area contributed by atoms with Crippen molar-refractivity contribution in [3.05, 3.63) is 12.7 Å². The molecule has 0 saturated heterocycles. The molecular weight excluding hydrogens is 451 g/mol. The fourth-order valence-electron chi connectivity index (χ4n) is 2.32. The van der Waals surface area contributed by atoms with Crippen LogP contribution in [-0.2, 0) is 24.4 Å². The summed E-state index contributed by atoms with van der Waals surface area (Å²) in [5, 5.41) is 23.6. The van der Waals surface area contributed by atoms with Crippen molar-refractivity contribution in [3.63, 3.8) is 0 Å². The van der Waals surface area contributed by atoms with Gasteiger partial charge in [-0.05, 0) is 13.3 Å². The summed E-state index contributed by atoms with van der Waals surface area (Å²) in [6, 6.07) is 0. The number of carbonyl (C=O) groups is 2. The maximum absolute atomic E-state index is 11.5. The third-order valence-electron chi connectivity index (χ3n) is 3.82. The van der Waals surface area contributed by atoms with Crippen LogP contribution in [0.3, 0.4) is 0 Å². The third-order valence-corrected chi connectivity index (χ3v) is 4.89. The molecule has 0 aliphatic heterocycles. The van der Waals surface area contributed by atoms with Crippen molar-refractivity contribution >= 4 is 22.1 Å². The molecule has 3 N–H and O–H groups in total. The van der Waals surface area contributed by atoms with Gasteiger partial charge in [0.15, 0.2) is 5.25 Å². The van der Waals surface area contributed by atoms with Gasteiger partial charge < -0.3 is 24.9 Å². The Morgan fingerprint density at radius 3 is 1.66 bits per heavy atom. The van der Waals surface area contributed by atoms with Crippen molar-refractivity contribution in [2.45, 2.75) is 89.7 Å². The van der Waals surface area contributed by atoms with Crippen molar-refractivity contribution in [2.24, 2.45) is 0 Å². The van der Waals surface area contributed by atoms with Gasteiger partial charge in [0.05, 0.1) is 19.8 Å². The summed E-state index contributed by atoms with van der Waals surface area (Å²) in [7, 11) is -4.82. The topological polar surface area (TPSA) is 161 Å². The van der Waals surface area contributed by atoms with Gasteiger partial charge in [-0.15, -0.1) is 6.58 Å². The molecule has 186 valence electrons. The molecule has 0 aromatic heterocycles. The van der Waals surface area contributed by atoms with Gasteiger partial charge in [0.1, 0.15) is 0 Å². The van der Waals surface area contributed by atoms with Crippen molar-refractivity contribution in [1.29, 1.82) is 0 Å². The zero-order valence-electron chi connectivity index (χ0n) is 20.0. The van der Waals surface area contributed by atoms with Crippen LogP contribution in [0.1, 0.15) is 84.5 Å². The zero-order chi connectivity index (χ0) is 24.5. The number of rotatable bonds is 16. The van der Waals surface area contributed by atoms with Gasteiger partial charge in [0.2, 0.25) is 0 Å². The average molecular weight is 493 g/mol. The SMILES string of the molecule is C=CC.CCCCCCCCCCCCOC(=O)C(CC(=O)[O-])S(=O)(=O)O.OCCO.[Na+]. The molecular formula is C21H41NaO9S. The predicted octanol–water partition coefficient (Wildman–Crippen LogP) is -0.986. The minimum atomic E-state index is -4.82. The smallest absolute Gasteiger partial charge is 0.550 e. The fraction of sp³-hybridized carbons (Fsp3) is 0.810. The number of aliphatic hydroxyl groups excluding tert-OH is 2. The van der Waals surface area contributed by atoms with Crippen LogP contribution in [0.4, 0.5) is 0 Å². The van der Waals surface area contributed by atoms with Gasteiger partial charge >= 0.3 is 35.5 Å². The molecule has 0 aliphatic rings. The molecule has 9 nitrogen and oxygen atoms in total. The monoisotopic (exact) mass is 492 g/mol. The molecule has 0 radical (unpaired) electrons. The van der Waals surface area contributed by atoms with E-state index in [0.717, 1.165) is 19.3 Å². The fourth-order valence-corrected chi connectivity index (χ4v) is 2.97. The van der Waals surface area contributed by atoms with Crippen LogP contribution in [0.25, 0.3) is 0 Å². The van der Waals surface area contributed by atoms with Crippen LogP contribution < -0.4 is 34.7 Å². The second kappa shape index (κ2) is 28.5. The Labute approximate surface area is 215 Å². The van der Waals surface area contributed by atoms with Crippen molar-refractivity contribution in [2.75, 3.05) is 19.8 Å². The summed E-state index contributed by atoms with van der Waals surface area (Å²) < 4.78 is 35.5. The molecule has 32 heavy (non-hydrogen) atoms. The number of aliphatic hydroxyl groups is 2. The molecule has 1 atom stereocenters. The Hall–Kier alpha value is -0.490. The van der Waals surface area contributed by atoms with Crippen LogP contribution in [0.15, 0.2) is 12.7 Å². The number of esters is 1. The standard InChI is InChI=1S/C16H30O7S.C3H6.C2H6O2.Na/c1-2-3-4-5-6-7-8-9-10-11-12-23-16(19)14(13-15(17)18)24(20,21)22;1-3-2;3-1-2-4;/h14H,2-13H2,1H3,(H,17,18)(H,20,21,22);3H,1H2,2H3;3-4H,1-2H2;/q;;;+1/p-1. The third kappa shape index (κ3) is 31.7. The largest absolute Gasteiger partial charge is 1.00 e. The number of carbonyl (C=O) groups excluding carboxylic acids is 2. The minimum Gasteiger partial charge on any atom is -0.550 e. The van der Waals surface area contributed by atoms with E-state index in [1.165, 1.54) is 38.5 Å². The number of aliphatic carboxylic acids is 1. The number of hydrogen-bond acceptors (Lipinski definition) is 8. The molecule has 0 aromatic rings. The van der Waals surface area contributed by atoms with E-state index in [0.29, 0.717) is 6.42 Å². The second-order valence-electron chi connectivity index (χ2n) is 6.78. The number of carboxylic acid groups (broad SMARTS) is 1. The van der Waals surface area contributed by atoms with Gasteiger partial charge in [0, 0.05) is 12.4 Å². The maximum Gasteiger partial charge on any atom is 1.00 e. The number of hydrogen-bond donors (Lipinski definition) is 3.